The Morgan fingerprint density at radius 1 is 1.69 bits per heavy atom. The van der Waals surface area contributed by atoms with E-state index in [1.807, 2.05) is 19.4 Å². The molecule has 1 saturated heterocycles. The Labute approximate surface area is 82.2 Å². The van der Waals surface area contributed by atoms with E-state index in [2.05, 4.69) is 14.5 Å². The molecule has 5 heteroatoms. The summed E-state index contributed by atoms with van der Waals surface area (Å²) in [6.07, 6.45) is 3.81. The third-order valence-corrected chi connectivity index (χ3v) is 3.09. The van der Waals surface area contributed by atoms with Crippen molar-refractivity contribution in [3.8, 4) is 0 Å². The van der Waals surface area contributed by atoms with Crippen LogP contribution >= 0.6 is 11.9 Å². The van der Waals surface area contributed by atoms with Gasteiger partial charge in [0.15, 0.2) is 0 Å². The summed E-state index contributed by atoms with van der Waals surface area (Å²) in [5.41, 5.74) is 0. The molecule has 0 unspecified atom stereocenters. The van der Waals surface area contributed by atoms with Gasteiger partial charge >= 0.3 is 0 Å². The second-order valence-corrected chi connectivity index (χ2v) is 4.35. The number of nitrogens with zero attached hydrogens (tertiary/aromatic N) is 3. The van der Waals surface area contributed by atoms with E-state index in [4.69, 9.17) is 5.14 Å². The van der Waals surface area contributed by atoms with E-state index in [0.717, 1.165) is 25.5 Å². The highest BCUT2D eigenvalue weighted by molar-refractivity contribution is 7.97. The van der Waals surface area contributed by atoms with Gasteiger partial charge in [-0.2, -0.15) is 0 Å². The molecule has 0 saturated carbocycles. The van der Waals surface area contributed by atoms with E-state index < -0.39 is 0 Å². The second kappa shape index (κ2) is 3.69. The molecule has 0 atom stereocenters. The standard InChI is InChI=1S/C8H14N4S/c1-11-3-2-10-8(11)6-12-4-7(5-12)13-9/h2-3,7H,4-6,9H2,1H3. The van der Waals surface area contributed by atoms with E-state index in [9.17, 15) is 0 Å². The van der Waals surface area contributed by atoms with Crippen LogP contribution in [0.3, 0.4) is 0 Å². The van der Waals surface area contributed by atoms with Crippen LogP contribution < -0.4 is 5.14 Å². The third kappa shape index (κ3) is 1.87. The summed E-state index contributed by atoms with van der Waals surface area (Å²) in [4.78, 5) is 6.63. The number of aromatic nitrogens is 2. The number of imidazole rings is 1. The van der Waals surface area contributed by atoms with Crippen molar-refractivity contribution in [1.29, 1.82) is 0 Å². The summed E-state index contributed by atoms with van der Waals surface area (Å²) in [6.45, 7) is 3.13. The molecule has 0 bridgehead atoms. The van der Waals surface area contributed by atoms with Crippen LogP contribution in [0.4, 0.5) is 0 Å². The quantitative estimate of drug-likeness (QED) is 0.705. The van der Waals surface area contributed by atoms with E-state index in [1.54, 1.807) is 0 Å². The fourth-order valence-corrected chi connectivity index (χ4v) is 2.08. The lowest BCUT2D eigenvalue weighted by molar-refractivity contribution is 0.175. The van der Waals surface area contributed by atoms with Crippen molar-refractivity contribution >= 4 is 11.9 Å². The first-order chi connectivity index (χ1) is 6.29. The Kier molecular flexibility index (Phi) is 2.57. The SMILES string of the molecule is Cn1ccnc1CN1CC(SN)C1. The molecular formula is C8H14N4S. The predicted octanol–water partition coefficient (Wildman–Crippen LogP) is 0.211. The van der Waals surface area contributed by atoms with Gasteiger partial charge in [-0.1, -0.05) is 11.9 Å². The molecule has 72 valence electrons. The highest BCUT2D eigenvalue weighted by atomic mass is 32.2. The number of likely N-dealkylation sites (tertiary alicyclic amines) is 1. The van der Waals surface area contributed by atoms with Gasteiger partial charge in [-0.15, -0.1) is 0 Å². The molecule has 1 aromatic rings. The molecule has 0 aromatic carbocycles. The van der Waals surface area contributed by atoms with Crippen molar-refractivity contribution in [2.75, 3.05) is 13.1 Å². The molecule has 1 aliphatic heterocycles. The van der Waals surface area contributed by atoms with Crippen LogP contribution in [0.2, 0.25) is 0 Å². The Morgan fingerprint density at radius 2 is 2.46 bits per heavy atom. The second-order valence-electron chi connectivity index (χ2n) is 3.41. The van der Waals surface area contributed by atoms with E-state index in [1.165, 1.54) is 11.9 Å². The maximum absolute atomic E-state index is 5.47. The molecule has 0 spiro atoms. The molecule has 1 aliphatic rings. The maximum atomic E-state index is 5.47. The molecule has 4 nitrogen and oxygen atoms in total. The number of hydrogen-bond acceptors (Lipinski definition) is 4. The molecule has 2 N–H and O–H groups in total. The van der Waals surface area contributed by atoms with Gasteiger partial charge in [0.1, 0.15) is 5.82 Å². The van der Waals surface area contributed by atoms with E-state index in [0.29, 0.717) is 5.25 Å². The lowest BCUT2D eigenvalue weighted by Crippen LogP contribution is -2.49. The van der Waals surface area contributed by atoms with Gasteiger partial charge in [0.05, 0.1) is 6.54 Å². The zero-order valence-corrected chi connectivity index (χ0v) is 8.50. The Balaban J connectivity index is 1.84. The van der Waals surface area contributed by atoms with Crippen molar-refractivity contribution in [3.63, 3.8) is 0 Å². The topological polar surface area (TPSA) is 47.1 Å². The monoisotopic (exact) mass is 198 g/mol. The van der Waals surface area contributed by atoms with Crippen LogP contribution in [0.15, 0.2) is 12.4 Å². The number of hydrogen-bond donors (Lipinski definition) is 1. The smallest absolute Gasteiger partial charge is 0.122 e. The Morgan fingerprint density at radius 3 is 3.00 bits per heavy atom. The summed E-state index contributed by atoms with van der Waals surface area (Å²) in [7, 11) is 2.03. The molecule has 2 heterocycles. The lowest BCUT2D eigenvalue weighted by atomic mass is 10.2. The summed E-state index contributed by atoms with van der Waals surface area (Å²) in [5.74, 6) is 1.13. The minimum absolute atomic E-state index is 0.625. The normalized spacial score (nSPS) is 18.9. The molecule has 0 amide bonds. The van der Waals surface area contributed by atoms with Crippen molar-refractivity contribution in [2.45, 2.75) is 11.8 Å². The first-order valence-electron chi connectivity index (χ1n) is 4.33. The average molecular weight is 198 g/mol. The minimum atomic E-state index is 0.625. The Hall–Kier alpha value is -0.520. The van der Waals surface area contributed by atoms with Crippen molar-refractivity contribution < 1.29 is 0 Å². The van der Waals surface area contributed by atoms with Gasteiger partial charge in [-0.05, 0) is 0 Å². The van der Waals surface area contributed by atoms with Crippen LogP contribution in [0.25, 0.3) is 0 Å². The van der Waals surface area contributed by atoms with Crippen LogP contribution in [0.5, 0.6) is 0 Å². The number of nitrogens with two attached hydrogens (primary N) is 1. The Bertz CT molecular complexity index is 279. The lowest BCUT2D eigenvalue weighted by Gasteiger charge is -2.37. The van der Waals surface area contributed by atoms with Crippen LogP contribution in [0, 0.1) is 0 Å². The highest BCUT2D eigenvalue weighted by Gasteiger charge is 2.26. The van der Waals surface area contributed by atoms with E-state index >= 15 is 0 Å². The molecule has 0 radical (unpaired) electrons. The third-order valence-electron chi connectivity index (χ3n) is 2.40. The average Bonchev–Trinajstić information content (AvgIpc) is 2.43. The van der Waals surface area contributed by atoms with E-state index in [-0.39, 0.29) is 0 Å². The van der Waals surface area contributed by atoms with Gasteiger partial charge in [-0.3, -0.25) is 10.0 Å². The van der Waals surface area contributed by atoms with Gasteiger partial charge in [-0.25, -0.2) is 4.98 Å². The van der Waals surface area contributed by atoms with Gasteiger partial charge in [0, 0.05) is 37.8 Å². The predicted molar refractivity (Wildman–Crippen MR) is 54.1 cm³/mol. The number of rotatable bonds is 3. The summed E-state index contributed by atoms with van der Waals surface area (Å²) < 4.78 is 2.06. The molecule has 0 aliphatic carbocycles. The van der Waals surface area contributed by atoms with Crippen LogP contribution in [0.1, 0.15) is 5.82 Å². The fourth-order valence-electron chi connectivity index (χ4n) is 1.49. The van der Waals surface area contributed by atoms with Crippen LogP contribution in [-0.4, -0.2) is 32.8 Å². The van der Waals surface area contributed by atoms with Gasteiger partial charge in [0.2, 0.25) is 0 Å². The van der Waals surface area contributed by atoms with Gasteiger partial charge in [0.25, 0.3) is 0 Å². The summed E-state index contributed by atoms with van der Waals surface area (Å²) in [5, 5.41) is 6.09. The summed E-state index contributed by atoms with van der Waals surface area (Å²) >= 11 is 1.46. The van der Waals surface area contributed by atoms with Crippen molar-refractivity contribution in [1.82, 2.24) is 14.5 Å². The fraction of sp³-hybridized carbons (Fsp3) is 0.625. The zero-order chi connectivity index (χ0) is 9.26. The zero-order valence-electron chi connectivity index (χ0n) is 7.68. The molecule has 2 rings (SSSR count). The largest absolute Gasteiger partial charge is 0.337 e. The first kappa shape index (κ1) is 9.05. The number of aryl methyl sites for hydroxylation is 1. The molecule has 1 aromatic heterocycles. The highest BCUT2D eigenvalue weighted by Crippen LogP contribution is 2.19. The molecule has 1 fully saturated rings. The van der Waals surface area contributed by atoms with Gasteiger partial charge < -0.3 is 4.57 Å². The minimum Gasteiger partial charge on any atom is -0.337 e. The van der Waals surface area contributed by atoms with Crippen molar-refractivity contribution in [2.24, 2.45) is 12.2 Å². The molecule has 13 heavy (non-hydrogen) atoms. The first-order valence-corrected chi connectivity index (χ1v) is 5.28. The maximum Gasteiger partial charge on any atom is 0.122 e. The van der Waals surface area contributed by atoms with Crippen LogP contribution in [-0.2, 0) is 13.6 Å². The molecular weight excluding hydrogens is 184 g/mol. The van der Waals surface area contributed by atoms with Crippen molar-refractivity contribution in [3.05, 3.63) is 18.2 Å². The summed E-state index contributed by atoms with van der Waals surface area (Å²) in [6, 6.07) is 0.